The SMILES string of the molecule is Cc1c(Cl)ccc2c1/C(=C/C1NC3=C(CCC=C3)C1CCC(=O)O)C(=O)N2. The van der Waals surface area contributed by atoms with Gasteiger partial charge >= 0.3 is 5.97 Å². The van der Waals surface area contributed by atoms with Gasteiger partial charge in [0.2, 0.25) is 0 Å². The Morgan fingerprint density at radius 3 is 3.00 bits per heavy atom. The minimum atomic E-state index is -0.798. The Labute approximate surface area is 162 Å². The third kappa shape index (κ3) is 3.16. The van der Waals surface area contributed by atoms with Crippen molar-refractivity contribution in [3.8, 4) is 0 Å². The van der Waals surface area contributed by atoms with Crippen molar-refractivity contribution in [2.24, 2.45) is 5.92 Å². The molecule has 2 atom stereocenters. The molecule has 0 bridgehead atoms. The van der Waals surface area contributed by atoms with Crippen LogP contribution >= 0.6 is 11.6 Å². The van der Waals surface area contributed by atoms with Gasteiger partial charge in [0, 0.05) is 39.9 Å². The monoisotopic (exact) mass is 384 g/mol. The molecule has 0 aromatic heterocycles. The number of hydrogen-bond donors (Lipinski definition) is 3. The van der Waals surface area contributed by atoms with Crippen LogP contribution in [0.4, 0.5) is 5.69 Å². The zero-order valence-corrected chi connectivity index (χ0v) is 15.8. The molecule has 0 saturated carbocycles. The van der Waals surface area contributed by atoms with Crippen molar-refractivity contribution >= 4 is 34.7 Å². The zero-order valence-electron chi connectivity index (χ0n) is 15.0. The van der Waals surface area contributed by atoms with Gasteiger partial charge in [-0.05, 0) is 61.6 Å². The number of halogens is 1. The molecule has 5 nitrogen and oxygen atoms in total. The standard InChI is InChI=1S/C21H21ClN2O3/c1-11-15(22)7-8-17-20(11)14(21(27)24-17)10-18-13(6-9-19(25)26)12-4-2-3-5-16(12)23-18/h3,5,7-8,10,13,18,23H,2,4,6,9H2,1H3,(H,24,27)(H,25,26)/b14-10-. The van der Waals surface area contributed by atoms with Crippen molar-refractivity contribution in [2.75, 3.05) is 5.32 Å². The first kappa shape index (κ1) is 17.9. The van der Waals surface area contributed by atoms with E-state index in [0.717, 1.165) is 35.4 Å². The number of fused-ring (bicyclic) bond motifs is 1. The molecule has 0 saturated heterocycles. The summed E-state index contributed by atoms with van der Waals surface area (Å²) in [4.78, 5) is 23.7. The molecule has 0 spiro atoms. The lowest BCUT2D eigenvalue weighted by Crippen LogP contribution is -2.28. The molecule has 0 radical (unpaired) electrons. The van der Waals surface area contributed by atoms with Crippen LogP contribution in [0, 0.1) is 12.8 Å². The van der Waals surface area contributed by atoms with Gasteiger partial charge in [0.15, 0.2) is 0 Å². The Kier molecular flexibility index (Phi) is 4.56. The Balaban J connectivity index is 1.71. The number of benzene rings is 1. The van der Waals surface area contributed by atoms with Crippen LogP contribution in [0.25, 0.3) is 5.57 Å². The van der Waals surface area contributed by atoms with Crippen molar-refractivity contribution in [2.45, 2.75) is 38.6 Å². The van der Waals surface area contributed by atoms with Gasteiger partial charge in [-0.15, -0.1) is 0 Å². The highest BCUT2D eigenvalue weighted by Crippen LogP contribution is 2.41. The number of carbonyl (C=O) groups excluding carboxylic acids is 1. The Hall–Kier alpha value is -2.53. The quantitative estimate of drug-likeness (QED) is 0.684. The Bertz CT molecular complexity index is 930. The van der Waals surface area contributed by atoms with E-state index in [2.05, 4.69) is 22.8 Å². The van der Waals surface area contributed by atoms with Crippen molar-refractivity contribution in [1.29, 1.82) is 0 Å². The van der Waals surface area contributed by atoms with Crippen LogP contribution in [0.2, 0.25) is 5.02 Å². The average Bonchev–Trinajstić information content (AvgIpc) is 3.14. The lowest BCUT2D eigenvalue weighted by atomic mass is 9.84. The van der Waals surface area contributed by atoms with E-state index in [1.54, 1.807) is 6.07 Å². The predicted molar refractivity (Wildman–Crippen MR) is 105 cm³/mol. The minimum Gasteiger partial charge on any atom is -0.481 e. The molecule has 1 aromatic carbocycles. The number of carboxylic acids is 1. The van der Waals surface area contributed by atoms with Crippen LogP contribution in [0.5, 0.6) is 0 Å². The Morgan fingerprint density at radius 2 is 2.22 bits per heavy atom. The molecule has 3 N–H and O–H groups in total. The van der Waals surface area contributed by atoms with E-state index in [4.69, 9.17) is 16.7 Å². The second kappa shape index (κ2) is 6.89. The predicted octanol–water partition coefficient (Wildman–Crippen LogP) is 4.04. The van der Waals surface area contributed by atoms with E-state index < -0.39 is 5.97 Å². The van der Waals surface area contributed by atoms with E-state index in [9.17, 15) is 9.59 Å². The maximum absolute atomic E-state index is 12.6. The molecule has 1 aliphatic carbocycles. The van der Waals surface area contributed by atoms with Gasteiger partial charge in [0.25, 0.3) is 5.91 Å². The van der Waals surface area contributed by atoms with Crippen LogP contribution in [0.15, 0.2) is 41.6 Å². The van der Waals surface area contributed by atoms with Crippen LogP contribution in [-0.4, -0.2) is 23.0 Å². The number of carboxylic acid groups (broad SMARTS) is 1. The van der Waals surface area contributed by atoms with Crippen molar-refractivity contribution in [3.63, 3.8) is 0 Å². The molecule has 27 heavy (non-hydrogen) atoms. The number of nitrogens with one attached hydrogen (secondary N) is 2. The van der Waals surface area contributed by atoms with E-state index >= 15 is 0 Å². The fourth-order valence-corrected chi connectivity index (χ4v) is 4.43. The van der Waals surface area contributed by atoms with Crippen molar-refractivity contribution in [3.05, 3.63) is 57.8 Å². The molecule has 1 aromatic rings. The van der Waals surface area contributed by atoms with E-state index in [0.29, 0.717) is 17.0 Å². The highest BCUT2D eigenvalue weighted by atomic mass is 35.5. The zero-order chi connectivity index (χ0) is 19.1. The topological polar surface area (TPSA) is 78.4 Å². The number of hydrogen-bond acceptors (Lipinski definition) is 3. The number of amides is 1. The fourth-order valence-electron chi connectivity index (χ4n) is 4.27. The number of anilines is 1. The third-order valence-electron chi connectivity index (χ3n) is 5.59. The van der Waals surface area contributed by atoms with Crippen LogP contribution in [0.1, 0.15) is 36.8 Å². The van der Waals surface area contributed by atoms with Gasteiger partial charge in [-0.2, -0.15) is 0 Å². The van der Waals surface area contributed by atoms with Crippen molar-refractivity contribution in [1.82, 2.24) is 5.32 Å². The molecular weight excluding hydrogens is 364 g/mol. The summed E-state index contributed by atoms with van der Waals surface area (Å²) in [6.07, 6.45) is 8.69. The number of carbonyl (C=O) groups is 2. The maximum Gasteiger partial charge on any atom is 0.303 e. The molecule has 4 rings (SSSR count). The molecule has 2 heterocycles. The van der Waals surface area contributed by atoms with Crippen LogP contribution < -0.4 is 10.6 Å². The number of rotatable bonds is 4. The molecule has 2 aliphatic heterocycles. The maximum atomic E-state index is 12.6. The summed E-state index contributed by atoms with van der Waals surface area (Å²) in [6, 6.07) is 3.49. The average molecular weight is 385 g/mol. The van der Waals surface area contributed by atoms with Gasteiger partial charge in [-0.3, -0.25) is 9.59 Å². The van der Waals surface area contributed by atoms with Gasteiger partial charge in [-0.1, -0.05) is 17.7 Å². The molecule has 3 aliphatic rings. The lowest BCUT2D eigenvalue weighted by molar-refractivity contribution is -0.137. The molecule has 0 fully saturated rings. The summed E-state index contributed by atoms with van der Waals surface area (Å²) in [7, 11) is 0. The number of aliphatic carboxylic acids is 1. The highest BCUT2D eigenvalue weighted by molar-refractivity contribution is 6.35. The van der Waals surface area contributed by atoms with E-state index in [1.165, 1.54) is 5.57 Å². The summed E-state index contributed by atoms with van der Waals surface area (Å²) in [5.41, 5.74) is 5.42. The van der Waals surface area contributed by atoms with Crippen molar-refractivity contribution < 1.29 is 14.7 Å². The fraction of sp³-hybridized carbons (Fsp3) is 0.333. The molecule has 6 heteroatoms. The molecule has 1 amide bonds. The van der Waals surface area contributed by atoms with E-state index in [1.807, 2.05) is 19.1 Å². The largest absolute Gasteiger partial charge is 0.481 e. The molecular formula is C21H21ClN2O3. The van der Waals surface area contributed by atoms with Crippen LogP contribution in [-0.2, 0) is 9.59 Å². The van der Waals surface area contributed by atoms with Gasteiger partial charge in [0.05, 0.1) is 6.04 Å². The first-order valence-electron chi connectivity index (χ1n) is 9.16. The molecule has 140 valence electrons. The first-order chi connectivity index (χ1) is 13.0. The summed E-state index contributed by atoms with van der Waals surface area (Å²) < 4.78 is 0. The second-order valence-electron chi connectivity index (χ2n) is 7.22. The van der Waals surface area contributed by atoms with Gasteiger partial charge in [0.1, 0.15) is 0 Å². The van der Waals surface area contributed by atoms with E-state index in [-0.39, 0.29) is 24.3 Å². The number of allylic oxidation sites excluding steroid dienone is 2. The summed E-state index contributed by atoms with van der Waals surface area (Å²) >= 11 is 6.27. The minimum absolute atomic E-state index is 0.0740. The Morgan fingerprint density at radius 1 is 1.41 bits per heavy atom. The van der Waals surface area contributed by atoms with Gasteiger partial charge in [-0.25, -0.2) is 0 Å². The smallest absolute Gasteiger partial charge is 0.303 e. The van der Waals surface area contributed by atoms with Crippen LogP contribution in [0.3, 0.4) is 0 Å². The second-order valence-corrected chi connectivity index (χ2v) is 7.63. The molecule has 2 unspecified atom stereocenters. The summed E-state index contributed by atoms with van der Waals surface area (Å²) in [5.74, 6) is -0.868. The summed E-state index contributed by atoms with van der Waals surface area (Å²) in [5, 5.41) is 16.1. The highest BCUT2D eigenvalue weighted by Gasteiger charge is 2.35. The third-order valence-corrected chi connectivity index (χ3v) is 6.00. The first-order valence-corrected chi connectivity index (χ1v) is 9.54. The van der Waals surface area contributed by atoms with Gasteiger partial charge < -0.3 is 15.7 Å². The normalized spacial score (nSPS) is 24.7. The lowest BCUT2D eigenvalue weighted by Gasteiger charge is -2.20. The summed E-state index contributed by atoms with van der Waals surface area (Å²) in [6.45, 7) is 1.91.